The number of carbonyl (C=O) groups excluding carboxylic acids is 1. The molecular formula is C33H31FN2O6S. The number of hydrogen-bond acceptors (Lipinski definition) is 8. The fraction of sp³-hybridized carbons (Fsp3) is 0.242. The number of carbonyl (C=O) groups is 1. The molecule has 8 nitrogen and oxygen atoms in total. The van der Waals surface area contributed by atoms with Gasteiger partial charge in [0.25, 0.3) is 5.56 Å². The van der Waals surface area contributed by atoms with Gasteiger partial charge >= 0.3 is 5.97 Å². The number of nitrogens with zero attached hydrogens (tertiary/aromatic N) is 2. The summed E-state index contributed by atoms with van der Waals surface area (Å²) < 4.78 is 38.4. The van der Waals surface area contributed by atoms with Crippen LogP contribution in [0.5, 0.6) is 17.2 Å². The molecule has 1 aliphatic heterocycles. The van der Waals surface area contributed by atoms with Crippen LogP contribution in [0.3, 0.4) is 0 Å². The largest absolute Gasteiger partial charge is 0.497 e. The van der Waals surface area contributed by atoms with E-state index in [0.29, 0.717) is 55.6 Å². The first kappa shape index (κ1) is 29.8. The molecule has 4 aromatic rings. The number of methoxy groups -OCH3 is 1. The molecule has 5 rings (SSSR count). The van der Waals surface area contributed by atoms with Crippen LogP contribution in [-0.4, -0.2) is 30.9 Å². The lowest BCUT2D eigenvalue weighted by Crippen LogP contribution is -2.39. The van der Waals surface area contributed by atoms with Gasteiger partial charge in [-0.25, -0.2) is 14.2 Å². The van der Waals surface area contributed by atoms with Crippen molar-refractivity contribution in [3.8, 4) is 17.2 Å². The van der Waals surface area contributed by atoms with Gasteiger partial charge in [0.15, 0.2) is 16.3 Å². The van der Waals surface area contributed by atoms with Crippen molar-refractivity contribution in [3.63, 3.8) is 0 Å². The molecule has 0 fully saturated rings. The van der Waals surface area contributed by atoms with Crippen molar-refractivity contribution >= 4 is 23.4 Å². The van der Waals surface area contributed by atoms with E-state index in [9.17, 15) is 14.0 Å². The van der Waals surface area contributed by atoms with Crippen LogP contribution in [-0.2, 0) is 16.1 Å². The van der Waals surface area contributed by atoms with Crippen molar-refractivity contribution in [2.75, 3.05) is 20.3 Å². The molecule has 2 heterocycles. The Morgan fingerprint density at radius 1 is 1.02 bits per heavy atom. The van der Waals surface area contributed by atoms with Crippen molar-refractivity contribution in [2.45, 2.75) is 33.4 Å². The zero-order valence-corrected chi connectivity index (χ0v) is 25.1. The molecule has 43 heavy (non-hydrogen) atoms. The zero-order valence-electron chi connectivity index (χ0n) is 24.3. The monoisotopic (exact) mass is 602 g/mol. The predicted octanol–water partition coefficient (Wildman–Crippen LogP) is 4.92. The standard InChI is InChI=1S/C33H31FN2O6S/c1-5-40-27-17-21(11-16-26(27)42-19-23-9-7-8-10-25(23)34)18-28-31(37)36-30(22-12-14-24(39-4)15-13-22)29(32(38)41-6-2)20(3)35-33(36)43-28/h7-18,30H,5-6,19H2,1-4H3/b28-18-/t30-/m1/s1. The number of halogens is 1. The molecule has 0 radical (unpaired) electrons. The van der Waals surface area contributed by atoms with E-state index in [2.05, 4.69) is 4.99 Å². The second-order valence-electron chi connectivity index (χ2n) is 9.59. The first-order valence-electron chi connectivity index (χ1n) is 13.8. The van der Waals surface area contributed by atoms with Crippen molar-refractivity contribution in [3.05, 3.63) is 120 Å². The van der Waals surface area contributed by atoms with Gasteiger partial charge in [0, 0.05) is 5.56 Å². The van der Waals surface area contributed by atoms with Gasteiger partial charge in [-0.2, -0.15) is 0 Å². The van der Waals surface area contributed by atoms with Crippen molar-refractivity contribution < 1.29 is 28.1 Å². The molecule has 222 valence electrons. The van der Waals surface area contributed by atoms with E-state index in [4.69, 9.17) is 18.9 Å². The summed E-state index contributed by atoms with van der Waals surface area (Å²) in [5, 5.41) is 0. The van der Waals surface area contributed by atoms with E-state index >= 15 is 0 Å². The van der Waals surface area contributed by atoms with E-state index < -0.39 is 12.0 Å². The van der Waals surface area contributed by atoms with E-state index in [1.54, 1.807) is 75.6 Å². The van der Waals surface area contributed by atoms with Crippen molar-refractivity contribution in [1.29, 1.82) is 0 Å². The highest BCUT2D eigenvalue weighted by molar-refractivity contribution is 7.07. The summed E-state index contributed by atoms with van der Waals surface area (Å²) in [4.78, 5) is 32.1. The minimum absolute atomic E-state index is 0.0399. The maximum absolute atomic E-state index is 14.1. The lowest BCUT2D eigenvalue weighted by molar-refractivity contribution is -0.139. The van der Waals surface area contributed by atoms with Gasteiger partial charge in [-0.3, -0.25) is 9.36 Å². The second-order valence-corrected chi connectivity index (χ2v) is 10.6. The number of benzene rings is 3. The quantitative estimate of drug-likeness (QED) is 0.240. The third-order valence-corrected chi connectivity index (χ3v) is 7.84. The number of ether oxygens (including phenoxy) is 4. The Bertz CT molecular complexity index is 1860. The molecule has 0 unspecified atom stereocenters. The molecular weight excluding hydrogens is 571 g/mol. The number of fused-ring (bicyclic) bond motifs is 1. The van der Waals surface area contributed by atoms with E-state index in [0.717, 1.165) is 5.56 Å². The summed E-state index contributed by atoms with van der Waals surface area (Å²) in [7, 11) is 1.57. The molecule has 0 amide bonds. The van der Waals surface area contributed by atoms with Gasteiger partial charge in [0.2, 0.25) is 0 Å². The lowest BCUT2D eigenvalue weighted by Gasteiger charge is -2.24. The Kier molecular flexibility index (Phi) is 9.06. The average molecular weight is 603 g/mol. The minimum atomic E-state index is -0.725. The number of rotatable bonds is 10. The lowest BCUT2D eigenvalue weighted by atomic mass is 9.96. The van der Waals surface area contributed by atoms with Crippen LogP contribution in [0.1, 0.15) is 43.5 Å². The van der Waals surface area contributed by atoms with Gasteiger partial charge in [-0.1, -0.05) is 47.7 Å². The molecule has 1 aliphatic rings. The van der Waals surface area contributed by atoms with Crippen LogP contribution in [0.15, 0.2) is 87.8 Å². The number of allylic oxidation sites excluding steroid dienone is 1. The zero-order chi connectivity index (χ0) is 30.5. The minimum Gasteiger partial charge on any atom is -0.497 e. The van der Waals surface area contributed by atoms with E-state index in [-0.39, 0.29) is 24.6 Å². The average Bonchev–Trinajstić information content (AvgIpc) is 3.30. The molecule has 10 heteroatoms. The molecule has 1 aromatic heterocycles. The van der Waals surface area contributed by atoms with Crippen LogP contribution in [0.2, 0.25) is 0 Å². The molecule has 1 atom stereocenters. The van der Waals surface area contributed by atoms with Crippen molar-refractivity contribution in [2.24, 2.45) is 4.99 Å². The van der Waals surface area contributed by atoms with Gasteiger partial charge in [0.05, 0.1) is 42.2 Å². The van der Waals surface area contributed by atoms with E-state index in [1.807, 2.05) is 19.1 Å². The highest BCUT2D eigenvalue weighted by Crippen LogP contribution is 2.32. The highest BCUT2D eigenvalue weighted by atomic mass is 32.1. The molecule has 0 saturated carbocycles. The second kappa shape index (κ2) is 13.1. The Hall–Kier alpha value is -4.70. The van der Waals surface area contributed by atoms with Gasteiger partial charge in [-0.15, -0.1) is 0 Å². The number of aromatic nitrogens is 1. The summed E-state index contributed by atoms with van der Waals surface area (Å²) in [6.07, 6.45) is 1.75. The van der Waals surface area contributed by atoms with Crippen molar-refractivity contribution in [1.82, 2.24) is 4.57 Å². The maximum atomic E-state index is 14.1. The fourth-order valence-corrected chi connectivity index (χ4v) is 5.86. The summed E-state index contributed by atoms with van der Waals surface area (Å²) in [6, 6.07) is 18.2. The smallest absolute Gasteiger partial charge is 0.338 e. The van der Waals surface area contributed by atoms with Crippen LogP contribution in [0.25, 0.3) is 6.08 Å². The van der Waals surface area contributed by atoms with Crippen LogP contribution in [0, 0.1) is 5.82 Å². The van der Waals surface area contributed by atoms with E-state index in [1.165, 1.54) is 22.0 Å². The van der Waals surface area contributed by atoms with Gasteiger partial charge in [-0.05, 0) is 68.3 Å². The Labute approximate surface area is 252 Å². The first-order chi connectivity index (χ1) is 20.8. The first-order valence-corrected chi connectivity index (χ1v) is 14.6. The summed E-state index contributed by atoms with van der Waals surface area (Å²) in [5.41, 5.74) is 2.36. The summed E-state index contributed by atoms with van der Waals surface area (Å²) >= 11 is 1.23. The SMILES string of the molecule is CCOC(=O)C1=C(C)N=c2s/c(=C\c3ccc(OCc4ccccc4F)c(OCC)c3)c(=O)n2[C@@H]1c1ccc(OC)cc1. The number of thiazole rings is 1. The van der Waals surface area contributed by atoms with Crippen LogP contribution in [0.4, 0.5) is 4.39 Å². The van der Waals surface area contributed by atoms with Gasteiger partial charge < -0.3 is 18.9 Å². The molecule has 3 aromatic carbocycles. The number of esters is 1. The topological polar surface area (TPSA) is 88.4 Å². The molecule has 0 aliphatic carbocycles. The molecule has 0 N–H and O–H groups in total. The third-order valence-electron chi connectivity index (χ3n) is 6.85. The third kappa shape index (κ3) is 6.24. The number of hydrogen-bond donors (Lipinski definition) is 0. The fourth-order valence-electron chi connectivity index (χ4n) is 4.82. The summed E-state index contributed by atoms with van der Waals surface area (Å²) in [6.45, 7) is 5.95. The maximum Gasteiger partial charge on any atom is 0.338 e. The Morgan fingerprint density at radius 2 is 1.79 bits per heavy atom. The normalized spacial score (nSPS) is 14.6. The molecule has 0 bridgehead atoms. The summed E-state index contributed by atoms with van der Waals surface area (Å²) in [5.74, 6) is 0.712. The Balaban J connectivity index is 1.56. The molecule has 0 saturated heterocycles. The predicted molar refractivity (Wildman–Crippen MR) is 162 cm³/mol. The Morgan fingerprint density at radius 3 is 2.49 bits per heavy atom. The van der Waals surface area contributed by atoms with Crippen LogP contribution < -0.4 is 29.1 Å². The highest BCUT2D eigenvalue weighted by Gasteiger charge is 2.33. The molecule has 0 spiro atoms. The van der Waals surface area contributed by atoms with Gasteiger partial charge in [0.1, 0.15) is 18.2 Å². The van der Waals surface area contributed by atoms with Crippen LogP contribution >= 0.6 is 11.3 Å².